The number of carbonyl (C=O) groups is 1. The Morgan fingerprint density at radius 2 is 1.95 bits per heavy atom. The summed E-state index contributed by atoms with van der Waals surface area (Å²) in [4.78, 5) is 11.0. The highest BCUT2D eigenvalue weighted by Crippen LogP contribution is 2.33. The predicted molar refractivity (Wildman–Crippen MR) is 72.8 cm³/mol. The van der Waals surface area contributed by atoms with Gasteiger partial charge in [-0.25, -0.2) is 0 Å². The lowest BCUT2D eigenvalue weighted by Crippen LogP contribution is -2.28. The van der Waals surface area contributed by atoms with E-state index in [4.69, 9.17) is 14.6 Å². The lowest BCUT2D eigenvalue weighted by molar-refractivity contribution is -0.123. The molecular formula is C14H21NO4. The maximum atomic E-state index is 11.0. The molecule has 1 aromatic rings. The van der Waals surface area contributed by atoms with Gasteiger partial charge in [0.25, 0.3) is 0 Å². The minimum Gasteiger partial charge on any atom is -0.496 e. The minimum atomic E-state index is -0.493. The molecule has 0 heterocycles. The Morgan fingerprint density at radius 1 is 1.26 bits per heavy atom. The SMILES string of the molecule is COc1cc(CCNC(=O)CO)c(OC)c(C)c1C. The van der Waals surface area contributed by atoms with E-state index in [2.05, 4.69) is 5.32 Å². The topological polar surface area (TPSA) is 67.8 Å². The molecule has 0 aliphatic carbocycles. The van der Waals surface area contributed by atoms with Gasteiger partial charge in [-0.15, -0.1) is 0 Å². The molecule has 0 spiro atoms. The predicted octanol–water partition coefficient (Wildman–Crippen LogP) is 0.972. The fourth-order valence-corrected chi connectivity index (χ4v) is 2.00. The number of hydrogen-bond acceptors (Lipinski definition) is 4. The van der Waals surface area contributed by atoms with Crippen LogP contribution in [0.25, 0.3) is 0 Å². The average molecular weight is 267 g/mol. The Morgan fingerprint density at radius 3 is 2.47 bits per heavy atom. The van der Waals surface area contributed by atoms with Crippen molar-refractivity contribution in [2.75, 3.05) is 27.4 Å². The molecule has 0 aromatic heterocycles. The lowest BCUT2D eigenvalue weighted by Gasteiger charge is -2.17. The Balaban J connectivity index is 2.92. The van der Waals surface area contributed by atoms with E-state index in [0.29, 0.717) is 13.0 Å². The summed E-state index contributed by atoms with van der Waals surface area (Å²) < 4.78 is 10.8. The molecule has 5 nitrogen and oxygen atoms in total. The maximum absolute atomic E-state index is 11.0. The number of nitrogens with one attached hydrogen (secondary N) is 1. The highest BCUT2D eigenvalue weighted by molar-refractivity contribution is 5.76. The van der Waals surface area contributed by atoms with Crippen LogP contribution in [0.4, 0.5) is 0 Å². The molecule has 2 N–H and O–H groups in total. The summed E-state index contributed by atoms with van der Waals surface area (Å²) in [5, 5.41) is 11.3. The molecule has 1 amide bonds. The first-order chi connectivity index (χ1) is 9.04. The van der Waals surface area contributed by atoms with Crippen LogP contribution < -0.4 is 14.8 Å². The first kappa shape index (κ1) is 15.3. The van der Waals surface area contributed by atoms with Gasteiger partial charge >= 0.3 is 0 Å². The van der Waals surface area contributed by atoms with Crippen LogP contribution in [0.5, 0.6) is 11.5 Å². The second-order valence-electron chi connectivity index (χ2n) is 4.28. The van der Waals surface area contributed by atoms with Crippen molar-refractivity contribution in [3.8, 4) is 11.5 Å². The van der Waals surface area contributed by atoms with Gasteiger partial charge in [-0.3, -0.25) is 4.79 Å². The lowest BCUT2D eigenvalue weighted by atomic mass is 10.0. The van der Waals surface area contributed by atoms with Gasteiger partial charge in [0.2, 0.25) is 5.91 Å². The van der Waals surface area contributed by atoms with Crippen LogP contribution in [-0.4, -0.2) is 38.4 Å². The van der Waals surface area contributed by atoms with Crippen molar-refractivity contribution >= 4 is 5.91 Å². The molecule has 0 aliphatic rings. The van der Waals surface area contributed by atoms with Crippen LogP contribution in [0.2, 0.25) is 0 Å². The summed E-state index contributed by atoms with van der Waals surface area (Å²) in [6.07, 6.45) is 0.617. The Bertz CT molecular complexity index is 457. The fourth-order valence-electron chi connectivity index (χ4n) is 2.00. The van der Waals surface area contributed by atoms with Gasteiger partial charge in [0, 0.05) is 6.54 Å². The second-order valence-corrected chi connectivity index (χ2v) is 4.28. The van der Waals surface area contributed by atoms with Crippen molar-refractivity contribution in [2.24, 2.45) is 0 Å². The molecule has 0 atom stereocenters. The smallest absolute Gasteiger partial charge is 0.245 e. The summed E-state index contributed by atoms with van der Waals surface area (Å²) in [5.41, 5.74) is 3.05. The van der Waals surface area contributed by atoms with E-state index >= 15 is 0 Å². The van der Waals surface area contributed by atoms with Gasteiger partial charge in [-0.2, -0.15) is 0 Å². The zero-order valence-electron chi connectivity index (χ0n) is 11.9. The molecule has 0 radical (unpaired) electrons. The van der Waals surface area contributed by atoms with Crippen LogP contribution in [0.1, 0.15) is 16.7 Å². The maximum Gasteiger partial charge on any atom is 0.245 e. The largest absolute Gasteiger partial charge is 0.496 e. The Hall–Kier alpha value is -1.75. The fraction of sp³-hybridized carbons (Fsp3) is 0.500. The quantitative estimate of drug-likeness (QED) is 0.806. The number of amides is 1. The number of benzene rings is 1. The van der Waals surface area contributed by atoms with Gasteiger partial charge in [0.05, 0.1) is 14.2 Å². The van der Waals surface area contributed by atoms with Crippen molar-refractivity contribution in [3.05, 3.63) is 22.8 Å². The number of rotatable bonds is 6. The van der Waals surface area contributed by atoms with E-state index in [0.717, 1.165) is 28.2 Å². The van der Waals surface area contributed by atoms with Crippen LogP contribution in [-0.2, 0) is 11.2 Å². The standard InChI is InChI=1S/C14H21NO4/c1-9-10(2)14(19-4)11(7-12(9)18-3)5-6-15-13(17)8-16/h7,16H,5-6,8H2,1-4H3,(H,15,17). The third-order valence-electron chi connectivity index (χ3n) is 3.15. The molecule has 106 valence electrons. The van der Waals surface area contributed by atoms with E-state index in [1.54, 1.807) is 14.2 Å². The number of ether oxygens (including phenoxy) is 2. The molecule has 19 heavy (non-hydrogen) atoms. The van der Waals surface area contributed by atoms with E-state index in [1.807, 2.05) is 19.9 Å². The monoisotopic (exact) mass is 267 g/mol. The highest BCUT2D eigenvalue weighted by atomic mass is 16.5. The van der Waals surface area contributed by atoms with E-state index < -0.39 is 6.61 Å². The normalized spacial score (nSPS) is 10.2. The van der Waals surface area contributed by atoms with E-state index in [1.165, 1.54) is 0 Å². The molecule has 1 aromatic carbocycles. The molecule has 0 saturated carbocycles. The molecule has 5 heteroatoms. The number of aliphatic hydroxyl groups excluding tert-OH is 1. The average Bonchev–Trinajstić information content (AvgIpc) is 2.42. The molecule has 0 fully saturated rings. The van der Waals surface area contributed by atoms with Gasteiger partial charge in [0.15, 0.2) is 0 Å². The first-order valence-corrected chi connectivity index (χ1v) is 6.13. The van der Waals surface area contributed by atoms with Crippen molar-refractivity contribution < 1.29 is 19.4 Å². The number of carbonyl (C=O) groups excluding carboxylic acids is 1. The van der Waals surface area contributed by atoms with Crippen molar-refractivity contribution in [1.29, 1.82) is 0 Å². The second kappa shape index (κ2) is 6.99. The Kier molecular flexibility index (Phi) is 5.63. The Labute approximate surface area is 113 Å². The van der Waals surface area contributed by atoms with Crippen LogP contribution in [0, 0.1) is 13.8 Å². The number of hydrogen-bond donors (Lipinski definition) is 2. The van der Waals surface area contributed by atoms with Crippen LogP contribution >= 0.6 is 0 Å². The summed E-state index contributed by atoms with van der Waals surface area (Å²) in [6, 6.07) is 1.92. The van der Waals surface area contributed by atoms with Crippen molar-refractivity contribution in [1.82, 2.24) is 5.32 Å². The molecule has 0 bridgehead atoms. The molecule has 0 saturated heterocycles. The highest BCUT2D eigenvalue weighted by Gasteiger charge is 2.13. The minimum absolute atomic E-state index is 0.380. The summed E-state index contributed by atoms with van der Waals surface area (Å²) in [6.45, 7) is 3.91. The van der Waals surface area contributed by atoms with Crippen LogP contribution in [0.3, 0.4) is 0 Å². The molecular weight excluding hydrogens is 246 g/mol. The number of aliphatic hydroxyl groups is 1. The van der Waals surface area contributed by atoms with Gasteiger partial charge in [-0.1, -0.05) is 0 Å². The van der Waals surface area contributed by atoms with Crippen LogP contribution in [0.15, 0.2) is 6.07 Å². The zero-order chi connectivity index (χ0) is 14.4. The third-order valence-corrected chi connectivity index (χ3v) is 3.15. The third kappa shape index (κ3) is 3.61. The molecule has 0 unspecified atom stereocenters. The van der Waals surface area contributed by atoms with Crippen molar-refractivity contribution in [2.45, 2.75) is 20.3 Å². The number of methoxy groups -OCH3 is 2. The summed E-state index contributed by atoms with van der Waals surface area (Å²) in [7, 11) is 3.26. The zero-order valence-corrected chi connectivity index (χ0v) is 11.9. The van der Waals surface area contributed by atoms with Gasteiger partial charge in [0.1, 0.15) is 18.1 Å². The molecule has 1 rings (SSSR count). The first-order valence-electron chi connectivity index (χ1n) is 6.13. The van der Waals surface area contributed by atoms with Gasteiger partial charge in [-0.05, 0) is 43.0 Å². The van der Waals surface area contributed by atoms with Gasteiger partial charge < -0.3 is 19.9 Å². The van der Waals surface area contributed by atoms with E-state index in [9.17, 15) is 4.79 Å². The van der Waals surface area contributed by atoms with Crippen molar-refractivity contribution in [3.63, 3.8) is 0 Å². The molecule has 0 aliphatic heterocycles. The van der Waals surface area contributed by atoms with E-state index in [-0.39, 0.29) is 5.91 Å². The summed E-state index contributed by atoms with van der Waals surface area (Å²) in [5.74, 6) is 1.24. The summed E-state index contributed by atoms with van der Waals surface area (Å²) >= 11 is 0.